The van der Waals surface area contributed by atoms with Crippen molar-refractivity contribution in [2.75, 3.05) is 7.05 Å². The average molecular weight is 741 g/mol. The lowest BCUT2D eigenvalue weighted by Gasteiger charge is -2.26. The summed E-state index contributed by atoms with van der Waals surface area (Å²) in [6.07, 6.45) is 8.94. The van der Waals surface area contributed by atoms with Crippen LogP contribution in [0.2, 0.25) is 0 Å². The zero-order valence-electron chi connectivity index (χ0n) is 30.1. The molecule has 4 aromatic rings. The van der Waals surface area contributed by atoms with Crippen LogP contribution in [-0.4, -0.2) is 58.1 Å². The van der Waals surface area contributed by atoms with Crippen LogP contribution in [-0.2, 0) is 35.5 Å². The van der Waals surface area contributed by atoms with Crippen LogP contribution in [0.1, 0.15) is 78.6 Å². The van der Waals surface area contributed by atoms with Crippen LogP contribution in [0.5, 0.6) is 0 Å². The van der Waals surface area contributed by atoms with E-state index < -0.39 is 12.1 Å². The number of hydrogen-bond acceptors (Lipinski definition) is 9. The van der Waals surface area contributed by atoms with Gasteiger partial charge in [-0.05, 0) is 42.7 Å². The molecule has 3 heterocycles. The number of ether oxygens (including phenoxy) is 1. The molecule has 0 radical (unpaired) electrons. The van der Waals surface area contributed by atoms with Gasteiger partial charge in [0.2, 0.25) is 0 Å². The summed E-state index contributed by atoms with van der Waals surface area (Å²) in [4.78, 5) is 56.3. The Morgan fingerprint density at radius 2 is 1.65 bits per heavy atom. The van der Waals surface area contributed by atoms with Crippen molar-refractivity contribution in [1.82, 2.24) is 25.5 Å². The standard InChI is InChI=1S/C40H48N6O4S2/c1-28(2)38-43-34(26-51-38)24-46(3)39(48)45-36(22-32-15-10-18-42-32)37(47)21-31(19-29-11-6-4-7-12-29)16-17-33(20-30-13-8-5-9-14-30)44-40(49)50-25-35-23-41-27-52-35/h4-9,11-15,18,23,26-28,31,33,36H,10,16-17,19-22,24-25H2,1-3H3,(H,44,49)(H,45,48)/t31-,33-,36-/m0/s1. The number of nitrogens with one attached hydrogen (secondary N) is 2. The second-order valence-corrected chi connectivity index (χ2v) is 15.4. The van der Waals surface area contributed by atoms with E-state index in [2.05, 4.69) is 51.6 Å². The molecule has 5 rings (SSSR count). The minimum atomic E-state index is -0.739. The molecule has 2 aromatic heterocycles. The first kappa shape index (κ1) is 38.5. The molecular formula is C40H48N6O4S2. The number of benzene rings is 2. The Morgan fingerprint density at radius 3 is 2.29 bits per heavy atom. The number of aliphatic imine (C=N–C) groups is 1. The Hall–Kier alpha value is -4.68. The number of amides is 3. The summed E-state index contributed by atoms with van der Waals surface area (Å²) in [5, 5.41) is 9.13. The number of aromatic nitrogens is 2. The van der Waals surface area contributed by atoms with Crippen LogP contribution in [0.15, 0.2) is 94.5 Å². The molecule has 10 nitrogen and oxygen atoms in total. The van der Waals surface area contributed by atoms with Crippen LogP contribution >= 0.6 is 22.7 Å². The highest BCUT2D eigenvalue weighted by atomic mass is 32.1. The first-order chi connectivity index (χ1) is 25.2. The van der Waals surface area contributed by atoms with E-state index in [4.69, 9.17) is 4.74 Å². The number of alkyl carbamates (subject to hydrolysis) is 1. The molecule has 0 unspecified atom stereocenters. The average Bonchev–Trinajstić information content (AvgIpc) is 3.95. The number of hydrogen-bond donors (Lipinski definition) is 2. The van der Waals surface area contributed by atoms with Crippen LogP contribution in [0.4, 0.5) is 9.59 Å². The molecule has 12 heteroatoms. The van der Waals surface area contributed by atoms with Crippen molar-refractivity contribution >= 4 is 46.8 Å². The van der Waals surface area contributed by atoms with Crippen LogP contribution in [0, 0.1) is 5.92 Å². The van der Waals surface area contributed by atoms with Gasteiger partial charge in [-0.15, -0.1) is 22.7 Å². The van der Waals surface area contributed by atoms with E-state index in [1.54, 1.807) is 35.0 Å². The first-order valence-electron chi connectivity index (χ1n) is 17.8. The van der Waals surface area contributed by atoms with Gasteiger partial charge in [-0.25, -0.2) is 14.6 Å². The van der Waals surface area contributed by atoms with E-state index in [-0.39, 0.29) is 36.8 Å². The Kier molecular flexibility index (Phi) is 14.7. The van der Waals surface area contributed by atoms with Gasteiger partial charge in [0.05, 0.1) is 33.7 Å². The summed E-state index contributed by atoms with van der Waals surface area (Å²) in [5.74, 6) is 0.236. The van der Waals surface area contributed by atoms with E-state index in [1.165, 1.54) is 11.3 Å². The highest BCUT2D eigenvalue weighted by molar-refractivity contribution is 7.09. The fourth-order valence-electron chi connectivity index (χ4n) is 6.11. The topological polar surface area (TPSA) is 126 Å². The zero-order valence-corrected chi connectivity index (χ0v) is 31.7. The summed E-state index contributed by atoms with van der Waals surface area (Å²) in [7, 11) is 1.72. The van der Waals surface area contributed by atoms with Gasteiger partial charge in [0.1, 0.15) is 6.61 Å². The zero-order chi connectivity index (χ0) is 36.7. The third kappa shape index (κ3) is 12.5. The second kappa shape index (κ2) is 19.8. The van der Waals surface area contributed by atoms with Crippen molar-refractivity contribution in [2.24, 2.45) is 10.9 Å². The number of allylic oxidation sites excluding steroid dienone is 1. The van der Waals surface area contributed by atoms with Crippen LogP contribution in [0.3, 0.4) is 0 Å². The molecule has 52 heavy (non-hydrogen) atoms. The number of thiazole rings is 2. The monoisotopic (exact) mass is 740 g/mol. The Morgan fingerprint density at radius 1 is 0.923 bits per heavy atom. The predicted molar refractivity (Wildman–Crippen MR) is 208 cm³/mol. The molecule has 0 saturated carbocycles. The van der Waals surface area contributed by atoms with Gasteiger partial charge in [-0.1, -0.05) is 80.6 Å². The highest BCUT2D eigenvalue weighted by Gasteiger charge is 2.28. The molecule has 1 aliphatic heterocycles. The fourth-order valence-corrected chi connectivity index (χ4v) is 7.44. The van der Waals surface area contributed by atoms with Crippen molar-refractivity contribution in [1.29, 1.82) is 0 Å². The number of nitrogens with zero attached hydrogens (tertiary/aromatic N) is 4. The van der Waals surface area contributed by atoms with Crippen LogP contribution in [0.25, 0.3) is 0 Å². The summed E-state index contributed by atoms with van der Waals surface area (Å²) in [5.41, 5.74) is 5.56. The second-order valence-electron chi connectivity index (χ2n) is 13.5. The molecular weight excluding hydrogens is 693 g/mol. The summed E-state index contributed by atoms with van der Waals surface area (Å²) in [6, 6.07) is 18.9. The lowest BCUT2D eigenvalue weighted by Crippen LogP contribution is -2.47. The molecule has 274 valence electrons. The maximum absolute atomic E-state index is 14.2. The lowest BCUT2D eigenvalue weighted by atomic mass is 9.86. The molecule has 2 N–H and O–H groups in total. The number of rotatable bonds is 19. The lowest BCUT2D eigenvalue weighted by molar-refractivity contribution is -0.121. The largest absolute Gasteiger partial charge is 0.444 e. The molecule has 0 saturated heterocycles. The normalized spacial score (nSPS) is 14.0. The predicted octanol–water partition coefficient (Wildman–Crippen LogP) is 8.12. The molecule has 1 aliphatic rings. The molecule has 2 aromatic carbocycles. The van der Waals surface area contributed by atoms with E-state index in [1.807, 2.05) is 66.2 Å². The summed E-state index contributed by atoms with van der Waals surface area (Å²) in [6.45, 7) is 4.70. The van der Waals surface area contributed by atoms with E-state index in [0.29, 0.717) is 51.0 Å². The van der Waals surface area contributed by atoms with Gasteiger partial charge >= 0.3 is 12.1 Å². The molecule has 0 spiro atoms. The maximum atomic E-state index is 14.2. The highest BCUT2D eigenvalue weighted by Crippen LogP contribution is 2.24. The van der Waals surface area contributed by atoms with Crippen molar-refractivity contribution in [3.8, 4) is 0 Å². The smallest absolute Gasteiger partial charge is 0.407 e. The molecule has 0 fully saturated rings. The van der Waals surface area contributed by atoms with Gasteiger partial charge in [0, 0.05) is 61.8 Å². The van der Waals surface area contributed by atoms with Crippen molar-refractivity contribution in [2.45, 2.75) is 89.9 Å². The van der Waals surface area contributed by atoms with Gasteiger partial charge in [0.25, 0.3) is 0 Å². The van der Waals surface area contributed by atoms with E-state index in [0.717, 1.165) is 32.4 Å². The van der Waals surface area contributed by atoms with Gasteiger partial charge in [-0.3, -0.25) is 14.8 Å². The van der Waals surface area contributed by atoms with Crippen LogP contribution < -0.4 is 10.6 Å². The minimum Gasteiger partial charge on any atom is -0.444 e. The number of urea groups is 1. The SMILES string of the molecule is CC(C)c1nc(CN(C)C(=O)N[C@@H](CC2=CCC=N2)C(=O)C[C@@H](CC[C@@H](Cc2ccccc2)NC(=O)OCc2cncs2)Cc2ccccc2)cs1. The number of Topliss-reactive ketones (excluding diaryl/α,β-unsaturated/α-hetero) is 1. The third-order valence-electron chi connectivity index (χ3n) is 8.88. The van der Waals surface area contributed by atoms with Gasteiger partial charge < -0.3 is 20.3 Å². The third-order valence-corrected chi connectivity index (χ3v) is 10.8. The fraction of sp³-hybridized carbons (Fsp3) is 0.400. The van der Waals surface area contributed by atoms with Gasteiger partial charge in [0.15, 0.2) is 5.78 Å². The first-order valence-corrected chi connectivity index (χ1v) is 19.6. The summed E-state index contributed by atoms with van der Waals surface area (Å²) >= 11 is 3.03. The maximum Gasteiger partial charge on any atom is 0.407 e. The number of carbonyl (C=O) groups excluding carboxylic acids is 3. The number of ketones is 1. The van der Waals surface area contributed by atoms with E-state index >= 15 is 0 Å². The molecule has 0 aliphatic carbocycles. The molecule has 0 bridgehead atoms. The van der Waals surface area contributed by atoms with Crippen molar-refractivity contribution in [3.05, 3.63) is 116 Å². The molecule has 3 amide bonds. The Labute approximate surface area is 314 Å². The van der Waals surface area contributed by atoms with Crippen molar-refractivity contribution in [3.63, 3.8) is 0 Å². The quantitative estimate of drug-likeness (QED) is 0.100. The van der Waals surface area contributed by atoms with E-state index in [9.17, 15) is 14.4 Å². The van der Waals surface area contributed by atoms with Gasteiger partial charge in [-0.2, -0.15) is 0 Å². The Bertz CT molecular complexity index is 1780. The number of carbonyl (C=O) groups is 3. The molecule has 3 atom stereocenters. The Balaban J connectivity index is 1.28. The summed E-state index contributed by atoms with van der Waals surface area (Å²) < 4.78 is 5.52. The van der Waals surface area contributed by atoms with Crippen molar-refractivity contribution < 1.29 is 19.1 Å². The minimum absolute atomic E-state index is 0.0363.